The topological polar surface area (TPSA) is 12.0 Å². The van der Waals surface area contributed by atoms with Gasteiger partial charge in [-0.1, -0.05) is 6.92 Å². The molecule has 0 amide bonds. The first kappa shape index (κ1) is 11.0. The van der Waals surface area contributed by atoms with E-state index < -0.39 is 0 Å². The molecule has 1 heterocycles. The van der Waals surface area contributed by atoms with Gasteiger partial charge >= 0.3 is 0 Å². The van der Waals surface area contributed by atoms with E-state index in [0.29, 0.717) is 0 Å². The lowest BCUT2D eigenvalue weighted by molar-refractivity contribution is 0.646. The molecule has 1 aromatic rings. The molecule has 0 aliphatic rings. The first-order valence-corrected chi connectivity index (χ1v) is 6.06. The molecule has 74 valence electrons. The first-order valence-electron chi connectivity index (χ1n) is 4.68. The fraction of sp³-hybridized carbons (Fsp3) is 0.600. The minimum Gasteiger partial charge on any atom is -0.315 e. The van der Waals surface area contributed by atoms with E-state index in [-0.39, 0.29) is 5.38 Å². The SMILES string of the molecule is CCC(Cl)CNCCc1ccsc1. The average Bonchev–Trinajstić information content (AvgIpc) is 2.64. The molecule has 1 aromatic heterocycles. The fourth-order valence-corrected chi connectivity index (χ4v) is 1.88. The highest BCUT2D eigenvalue weighted by molar-refractivity contribution is 7.07. The molecule has 0 radical (unpaired) electrons. The second-order valence-corrected chi connectivity index (χ2v) is 4.49. The maximum absolute atomic E-state index is 5.97. The highest BCUT2D eigenvalue weighted by Crippen LogP contribution is 2.05. The third kappa shape index (κ3) is 4.65. The molecule has 0 aromatic carbocycles. The number of nitrogens with one attached hydrogen (secondary N) is 1. The van der Waals surface area contributed by atoms with Gasteiger partial charge in [-0.05, 0) is 41.8 Å². The lowest BCUT2D eigenvalue weighted by Gasteiger charge is -2.07. The number of hydrogen-bond acceptors (Lipinski definition) is 2. The van der Waals surface area contributed by atoms with Crippen molar-refractivity contribution in [3.8, 4) is 0 Å². The van der Waals surface area contributed by atoms with Crippen LogP contribution in [0.3, 0.4) is 0 Å². The Kier molecular flexibility index (Phi) is 5.44. The van der Waals surface area contributed by atoms with Crippen molar-refractivity contribution in [1.29, 1.82) is 0 Å². The Morgan fingerprint density at radius 2 is 2.46 bits per heavy atom. The monoisotopic (exact) mass is 217 g/mol. The van der Waals surface area contributed by atoms with Crippen LogP contribution in [0.15, 0.2) is 16.8 Å². The number of rotatable bonds is 6. The van der Waals surface area contributed by atoms with Crippen molar-refractivity contribution in [1.82, 2.24) is 5.32 Å². The molecule has 0 bridgehead atoms. The Balaban J connectivity index is 2.02. The zero-order valence-corrected chi connectivity index (χ0v) is 9.50. The van der Waals surface area contributed by atoms with Crippen LogP contribution >= 0.6 is 22.9 Å². The van der Waals surface area contributed by atoms with Gasteiger partial charge in [0.05, 0.1) is 0 Å². The lowest BCUT2D eigenvalue weighted by atomic mass is 10.2. The van der Waals surface area contributed by atoms with E-state index in [2.05, 4.69) is 29.1 Å². The van der Waals surface area contributed by atoms with Crippen LogP contribution in [-0.2, 0) is 6.42 Å². The molecule has 0 saturated carbocycles. The van der Waals surface area contributed by atoms with Gasteiger partial charge in [-0.25, -0.2) is 0 Å². The highest BCUT2D eigenvalue weighted by atomic mass is 35.5. The zero-order chi connectivity index (χ0) is 9.52. The maximum Gasteiger partial charge on any atom is 0.0458 e. The minimum atomic E-state index is 0.280. The molecule has 0 spiro atoms. The molecule has 1 atom stereocenters. The van der Waals surface area contributed by atoms with E-state index >= 15 is 0 Å². The molecule has 1 rings (SSSR count). The van der Waals surface area contributed by atoms with Gasteiger partial charge in [-0.15, -0.1) is 11.6 Å². The molecular formula is C10H16ClNS. The summed E-state index contributed by atoms with van der Waals surface area (Å²) in [4.78, 5) is 0. The fourth-order valence-electron chi connectivity index (χ4n) is 1.07. The molecule has 0 fully saturated rings. The quantitative estimate of drug-likeness (QED) is 0.571. The summed E-state index contributed by atoms with van der Waals surface area (Å²) in [6.07, 6.45) is 2.14. The number of halogens is 1. The molecule has 0 saturated heterocycles. The average molecular weight is 218 g/mol. The largest absolute Gasteiger partial charge is 0.315 e. The molecule has 1 nitrogen and oxygen atoms in total. The second-order valence-electron chi connectivity index (χ2n) is 3.09. The summed E-state index contributed by atoms with van der Waals surface area (Å²) >= 11 is 7.72. The van der Waals surface area contributed by atoms with Crippen LogP contribution < -0.4 is 5.32 Å². The van der Waals surface area contributed by atoms with Gasteiger partial charge in [0.1, 0.15) is 0 Å². The van der Waals surface area contributed by atoms with Crippen molar-refractivity contribution in [2.75, 3.05) is 13.1 Å². The third-order valence-corrected chi connectivity index (χ3v) is 3.17. The van der Waals surface area contributed by atoms with Gasteiger partial charge in [0, 0.05) is 11.9 Å². The Labute approximate surface area is 89.1 Å². The molecule has 0 aliphatic carbocycles. The van der Waals surface area contributed by atoms with Gasteiger partial charge in [0.25, 0.3) is 0 Å². The standard InChI is InChI=1S/C10H16ClNS/c1-2-10(11)7-12-5-3-9-4-6-13-8-9/h4,6,8,10,12H,2-3,5,7H2,1H3. The van der Waals surface area contributed by atoms with Crippen LogP contribution in [0.2, 0.25) is 0 Å². The number of thiophene rings is 1. The van der Waals surface area contributed by atoms with Crippen LogP contribution in [0.1, 0.15) is 18.9 Å². The summed E-state index contributed by atoms with van der Waals surface area (Å²) < 4.78 is 0. The van der Waals surface area contributed by atoms with Gasteiger partial charge in [0.15, 0.2) is 0 Å². The van der Waals surface area contributed by atoms with Crippen LogP contribution in [-0.4, -0.2) is 18.5 Å². The van der Waals surface area contributed by atoms with Crippen molar-refractivity contribution in [2.24, 2.45) is 0 Å². The first-order chi connectivity index (χ1) is 6.33. The number of hydrogen-bond donors (Lipinski definition) is 1. The Morgan fingerprint density at radius 3 is 3.08 bits per heavy atom. The summed E-state index contributed by atoms with van der Waals surface area (Å²) in [5, 5.41) is 7.94. The molecule has 0 aliphatic heterocycles. The van der Waals surface area contributed by atoms with Gasteiger partial charge in [0.2, 0.25) is 0 Å². The minimum absolute atomic E-state index is 0.280. The van der Waals surface area contributed by atoms with E-state index in [9.17, 15) is 0 Å². The van der Waals surface area contributed by atoms with Gasteiger partial charge in [-0.2, -0.15) is 11.3 Å². The predicted molar refractivity (Wildman–Crippen MR) is 60.8 cm³/mol. The van der Waals surface area contributed by atoms with Crippen LogP contribution in [0.25, 0.3) is 0 Å². The molecular weight excluding hydrogens is 202 g/mol. The van der Waals surface area contributed by atoms with Crippen LogP contribution in [0.4, 0.5) is 0 Å². The summed E-state index contributed by atoms with van der Waals surface area (Å²) in [7, 11) is 0. The molecule has 1 unspecified atom stereocenters. The van der Waals surface area contributed by atoms with E-state index in [1.165, 1.54) is 5.56 Å². The van der Waals surface area contributed by atoms with Crippen molar-refractivity contribution >= 4 is 22.9 Å². The molecule has 1 N–H and O–H groups in total. The highest BCUT2D eigenvalue weighted by Gasteiger charge is 1.99. The third-order valence-electron chi connectivity index (χ3n) is 1.98. The second kappa shape index (κ2) is 6.41. The Hall–Kier alpha value is -0.0500. The summed E-state index contributed by atoms with van der Waals surface area (Å²) in [5.74, 6) is 0. The van der Waals surface area contributed by atoms with Crippen LogP contribution in [0.5, 0.6) is 0 Å². The molecule has 3 heteroatoms. The van der Waals surface area contributed by atoms with E-state index in [0.717, 1.165) is 25.9 Å². The summed E-state index contributed by atoms with van der Waals surface area (Å²) in [5.41, 5.74) is 1.42. The van der Waals surface area contributed by atoms with Gasteiger partial charge < -0.3 is 5.32 Å². The normalized spacial score (nSPS) is 13.1. The van der Waals surface area contributed by atoms with Crippen molar-refractivity contribution in [3.63, 3.8) is 0 Å². The number of alkyl halides is 1. The zero-order valence-electron chi connectivity index (χ0n) is 7.92. The predicted octanol–water partition coefficient (Wildman–Crippen LogP) is 2.90. The summed E-state index contributed by atoms with van der Waals surface area (Å²) in [6.45, 7) is 4.06. The Morgan fingerprint density at radius 1 is 1.62 bits per heavy atom. The maximum atomic E-state index is 5.97. The van der Waals surface area contributed by atoms with Gasteiger partial charge in [-0.3, -0.25) is 0 Å². The smallest absolute Gasteiger partial charge is 0.0458 e. The summed E-state index contributed by atoms with van der Waals surface area (Å²) in [6, 6.07) is 2.17. The lowest BCUT2D eigenvalue weighted by Crippen LogP contribution is -2.24. The van der Waals surface area contributed by atoms with E-state index in [4.69, 9.17) is 11.6 Å². The van der Waals surface area contributed by atoms with Crippen LogP contribution in [0, 0.1) is 0 Å². The van der Waals surface area contributed by atoms with Crippen molar-refractivity contribution in [2.45, 2.75) is 25.1 Å². The molecule has 13 heavy (non-hydrogen) atoms. The van der Waals surface area contributed by atoms with E-state index in [1.54, 1.807) is 11.3 Å². The Bertz CT molecular complexity index is 211. The van der Waals surface area contributed by atoms with Crippen molar-refractivity contribution < 1.29 is 0 Å². The van der Waals surface area contributed by atoms with E-state index in [1.807, 2.05) is 0 Å². The van der Waals surface area contributed by atoms with Crippen molar-refractivity contribution in [3.05, 3.63) is 22.4 Å².